The minimum atomic E-state index is -0.600. The summed E-state index contributed by atoms with van der Waals surface area (Å²) in [5, 5.41) is 5.36. The van der Waals surface area contributed by atoms with Gasteiger partial charge in [0.2, 0.25) is 0 Å². The smallest absolute Gasteiger partial charge is 0.309 e. The fourth-order valence-corrected chi connectivity index (χ4v) is 5.32. The van der Waals surface area contributed by atoms with Gasteiger partial charge >= 0.3 is 11.8 Å². The van der Waals surface area contributed by atoms with Gasteiger partial charge in [0.25, 0.3) is 0 Å². The molecule has 0 unspecified atom stereocenters. The van der Waals surface area contributed by atoms with Gasteiger partial charge in [-0.3, -0.25) is 9.59 Å². The van der Waals surface area contributed by atoms with Crippen LogP contribution in [0.15, 0.2) is 0 Å². The predicted octanol–water partition coefficient (Wildman–Crippen LogP) is 0.707. The first kappa shape index (κ1) is 16.7. The van der Waals surface area contributed by atoms with Crippen molar-refractivity contribution in [3.05, 3.63) is 0 Å². The predicted molar refractivity (Wildman–Crippen MR) is 84.7 cm³/mol. The second-order valence-corrected chi connectivity index (χ2v) is 7.39. The average Bonchev–Trinajstić information content (AvgIpc) is 2.54. The molecule has 6 heteroatoms. The lowest BCUT2D eigenvalue weighted by atomic mass is 9.49. The number of amides is 2. The number of rotatable bonds is 6. The van der Waals surface area contributed by atoms with E-state index in [-0.39, 0.29) is 5.60 Å². The van der Waals surface area contributed by atoms with Crippen LogP contribution in [0.4, 0.5) is 0 Å². The van der Waals surface area contributed by atoms with Crippen LogP contribution in [0, 0.1) is 23.7 Å². The van der Waals surface area contributed by atoms with E-state index in [4.69, 9.17) is 9.47 Å². The van der Waals surface area contributed by atoms with Crippen LogP contribution in [0.5, 0.6) is 0 Å². The Labute approximate surface area is 137 Å². The van der Waals surface area contributed by atoms with E-state index in [0.717, 1.165) is 11.8 Å². The second-order valence-electron chi connectivity index (χ2n) is 7.39. The zero-order valence-corrected chi connectivity index (χ0v) is 14.1. The van der Waals surface area contributed by atoms with Crippen LogP contribution in [0.1, 0.15) is 32.1 Å². The molecular formula is C17H28N2O4. The fraction of sp³-hybridized carbons (Fsp3) is 0.882. The number of hydrogen-bond acceptors (Lipinski definition) is 4. The first-order valence-corrected chi connectivity index (χ1v) is 8.69. The highest BCUT2D eigenvalue weighted by atomic mass is 16.5. The van der Waals surface area contributed by atoms with E-state index < -0.39 is 11.8 Å². The van der Waals surface area contributed by atoms with E-state index in [1.54, 1.807) is 14.2 Å². The Bertz CT molecular complexity index is 438. The summed E-state index contributed by atoms with van der Waals surface area (Å²) in [7, 11) is 3.31. The van der Waals surface area contributed by atoms with Crippen molar-refractivity contribution in [3.8, 4) is 0 Å². The van der Waals surface area contributed by atoms with Crippen molar-refractivity contribution in [2.24, 2.45) is 23.7 Å². The summed E-state index contributed by atoms with van der Waals surface area (Å²) in [4.78, 5) is 23.8. The highest BCUT2D eigenvalue weighted by molar-refractivity contribution is 6.35. The number of methoxy groups -OCH3 is 2. The SMILES string of the molecule is COCCNC(=O)C(=O)NCC1(OC)C2CC3CC(C2)CC1C3. The summed E-state index contributed by atoms with van der Waals surface area (Å²) in [6.07, 6.45) is 6.20. The molecule has 2 amide bonds. The molecule has 4 bridgehead atoms. The third kappa shape index (κ3) is 3.11. The molecule has 4 rings (SSSR count). The molecule has 0 atom stereocenters. The first-order chi connectivity index (χ1) is 11.1. The van der Waals surface area contributed by atoms with Gasteiger partial charge in [-0.25, -0.2) is 0 Å². The molecule has 0 spiro atoms. The quantitative estimate of drug-likeness (QED) is 0.557. The van der Waals surface area contributed by atoms with E-state index >= 15 is 0 Å². The van der Waals surface area contributed by atoms with Crippen LogP contribution in [0.2, 0.25) is 0 Å². The lowest BCUT2D eigenvalue weighted by Gasteiger charge is -2.60. The van der Waals surface area contributed by atoms with Crippen LogP contribution in [-0.4, -0.2) is 51.3 Å². The fourth-order valence-electron chi connectivity index (χ4n) is 5.32. The van der Waals surface area contributed by atoms with Crippen molar-refractivity contribution >= 4 is 11.8 Å². The van der Waals surface area contributed by atoms with Gasteiger partial charge in [0.15, 0.2) is 0 Å². The summed E-state index contributed by atoms with van der Waals surface area (Å²) < 4.78 is 10.8. The summed E-state index contributed by atoms with van der Waals surface area (Å²) in [6.45, 7) is 1.18. The minimum Gasteiger partial charge on any atom is -0.383 e. The van der Waals surface area contributed by atoms with Gasteiger partial charge in [0.1, 0.15) is 0 Å². The average molecular weight is 324 g/mol. The zero-order chi connectivity index (χ0) is 16.4. The van der Waals surface area contributed by atoms with E-state index in [2.05, 4.69) is 10.6 Å². The minimum absolute atomic E-state index is 0.282. The van der Waals surface area contributed by atoms with E-state index in [9.17, 15) is 9.59 Å². The molecular weight excluding hydrogens is 296 g/mol. The van der Waals surface area contributed by atoms with Gasteiger partial charge < -0.3 is 20.1 Å². The van der Waals surface area contributed by atoms with Gasteiger partial charge in [-0.2, -0.15) is 0 Å². The Morgan fingerprint density at radius 3 is 2.04 bits per heavy atom. The molecule has 0 heterocycles. The maximum atomic E-state index is 12.0. The Kier molecular flexibility index (Phi) is 4.92. The van der Waals surface area contributed by atoms with E-state index in [0.29, 0.717) is 31.5 Å². The lowest BCUT2D eigenvalue weighted by Crippen LogP contribution is -2.63. The Balaban J connectivity index is 1.57. The molecule has 130 valence electrons. The van der Waals surface area contributed by atoms with Gasteiger partial charge in [-0.15, -0.1) is 0 Å². The van der Waals surface area contributed by atoms with Crippen molar-refractivity contribution in [2.75, 3.05) is 33.9 Å². The number of nitrogens with one attached hydrogen (secondary N) is 2. The van der Waals surface area contributed by atoms with Gasteiger partial charge in [0, 0.05) is 27.3 Å². The van der Waals surface area contributed by atoms with Crippen LogP contribution in [-0.2, 0) is 19.1 Å². The number of carbonyl (C=O) groups excluding carboxylic acids is 2. The van der Waals surface area contributed by atoms with Crippen molar-refractivity contribution in [1.29, 1.82) is 0 Å². The van der Waals surface area contributed by atoms with Crippen LogP contribution in [0.3, 0.4) is 0 Å². The molecule has 0 radical (unpaired) electrons. The van der Waals surface area contributed by atoms with Crippen LogP contribution in [0.25, 0.3) is 0 Å². The Hall–Kier alpha value is -1.14. The van der Waals surface area contributed by atoms with E-state index in [1.165, 1.54) is 32.1 Å². The molecule has 0 aromatic carbocycles. The normalized spacial score (nSPS) is 37.7. The molecule has 4 aliphatic carbocycles. The van der Waals surface area contributed by atoms with E-state index in [1.807, 2.05) is 0 Å². The Morgan fingerprint density at radius 2 is 1.52 bits per heavy atom. The Morgan fingerprint density at radius 1 is 0.957 bits per heavy atom. The van der Waals surface area contributed by atoms with Gasteiger partial charge in [-0.1, -0.05) is 0 Å². The summed E-state index contributed by atoms with van der Waals surface area (Å²) in [5.41, 5.74) is -0.282. The third-order valence-corrected chi connectivity index (χ3v) is 6.22. The molecule has 4 saturated carbocycles. The molecule has 0 aliphatic heterocycles. The molecule has 0 aromatic rings. The van der Waals surface area contributed by atoms with Crippen molar-refractivity contribution in [1.82, 2.24) is 10.6 Å². The molecule has 0 aromatic heterocycles. The molecule has 4 fully saturated rings. The maximum absolute atomic E-state index is 12.0. The third-order valence-electron chi connectivity index (χ3n) is 6.22. The summed E-state index contributed by atoms with van der Waals surface area (Å²) >= 11 is 0. The van der Waals surface area contributed by atoms with Crippen molar-refractivity contribution in [2.45, 2.75) is 37.7 Å². The molecule has 6 nitrogen and oxygen atoms in total. The summed E-state index contributed by atoms with van der Waals surface area (Å²) in [6, 6.07) is 0. The molecule has 4 aliphatic rings. The van der Waals surface area contributed by atoms with Crippen molar-refractivity contribution in [3.63, 3.8) is 0 Å². The second kappa shape index (κ2) is 6.77. The van der Waals surface area contributed by atoms with Crippen LogP contribution < -0.4 is 10.6 Å². The van der Waals surface area contributed by atoms with Crippen molar-refractivity contribution < 1.29 is 19.1 Å². The number of hydrogen-bond donors (Lipinski definition) is 2. The summed E-state index contributed by atoms with van der Waals surface area (Å²) in [5.74, 6) is 1.53. The highest BCUT2D eigenvalue weighted by Gasteiger charge is 2.57. The van der Waals surface area contributed by atoms with Gasteiger partial charge in [-0.05, 0) is 55.8 Å². The van der Waals surface area contributed by atoms with Gasteiger partial charge in [0.05, 0.1) is 12.2 Å². The van der Waals surface area contributed by atoms with Crippen LogP contribution >= 0.6 is 0 Å². The first-order valence-electron chi connectivity index (χ1n) is 8.69. The topological polar surface area (TPSA) is 76.7 Å². The molecule has 23 heavy (non-hydrogen) atoms. The standard InChI is InChI=1S/C17H28N2O4/c1-22-4-3-18-15(20)16(21)19-10-17(23-2)13-6-11-5-12(8-13)9-14(17)7-11/h11-14H,3-10H2,1-2H3,(H,18,20)(H,19,21). The lowest BCUT2D eigenvalue weighted by molar-refractivity contribution is -0.188. The number of carbonyl (C=O) groups is 2. The highest BCUT2D eigenvalue weighted by Crippen LogP contribution is 2.59. The number of ether oxygens (including phenoxy) is 2. The molecule has 0 saturated heterocycles. The maximum Gasteiger partial charge on any atom is 0.309 e. The monoisotopic (exact) mass is 324 g/mol. The largest absolute Gasteiger partial charge is 0.383 e. The zero-order valence-electron chi connectivity index (χ0n) is 14.1. The molecule has 2 N–H and O–H groups in total.